The third kappa shape index (κ3) is 4.48. The van der Waals surface area contributed by atoms with Crippen LogP contribution in [0.3, 0.4) is 0 Å². The van der Waals surface area contributed by atoms with Crippen molar-refractivity contribution < 1.29 is 4.79 Å². The van der Waals surface area contributed by atoms with Crippen LogP contribution in [-0.2, 0) is 4.79 Å². The molecule has 1 rings (SSSR count). The number of thiophene rings is 1. The molecule has 17 heavy (non-hydrogen) atoms. The van der Waals surface area contributed by atoms with E-state index >= 15 is 0 Å². The largest absolute Gasteiger partial charge is 0.347 e. The van der Waals surface area contributed by atoms with Gasteiger partial charge in [-0.3, -0.25) is 4.79 Å². The second kappa shape index (κ2) is 6.77. The Labute approximate surface area is 107 Å². The third-order valence-corrected chi connectivity index (χ3v) is 3.66. The SMILES string of the molecule is CCC(NC(=O)C(N)CC(C)C)c1cccs1. The van der Waals surface area contributed by atoms with Gasteiger partial charge in [-0.05, 0) is 30.2 Å². The van der Waals surface area contributed by atoms with Crippen LogP contribution in [0, 0.1) is 5.92 Å². The summed E-state index contributed by atoms with van der Waals surface area (Å²) in [5, 5.41) is 5.05. The van der Waals surface area contributed by atoms with Gasteiger partial charge in [0.1, 0.15) is 0 Å². The Morgan fingerprint density at radius 1 is 1.53 bits per heavy atom. The monoisotopic (exact) mass is 254 g/mol. The molecule has 3 nitrogen and oxygen atoms in total. The predicted octanol–water partition coefficient (Wildman–Crippen LogP) is 2.69. The fourth-order valence-electron chi connectivity index (χ4n) is 1.76. The zero-order valence-corrected chi connectivity index (χ0v) is 11.6. The molecule has 0 aliphatic heterocycles. The van der Waals surface area contributed by atoms with Crippen LogP contribution < -0.4 is 11.1 Å². The van der Waals surface area contributed by atoms with Gasteiger partial charge in [-0.15, -0.1) is 11.3 Å². The Hall–Kier alpha value is -0.870. The van der Waals surface area contributed by atoms with Crippen molar-refractivity contribution in [2.75, 3.05) is 0 Å². The zero-order chi connectivity index (χ0) is 12.8. The van der Waals surface area contributed by atoms with Gasteiger partial charge in [0.25, 0.3) is 0 Å². The van der Waals surface area contributed by atoms with Crippen molar-refractivity contribution in [2.24, 2.45) is 11.7 Å². The molecule has 0 aliphatic carbocycles. The van der Waals surface area contributed by atoms with Gasteiger partial charge < -0.3 is 11.1 Å². The van der Waals surface area contributed by atoms with E-state index in [1.807, 2.05) is 17.5 Å². The molecule has 0 saturated carbocycles. The highest BCUT2D eigenvalue weighted by Gasteiger charge is 2.19. The maximum Gasteiger partial charge on any atom is 0.237 e. The summed E-state index contributed by atoms with van der Waals surface area (Å²) in [4.78, 5) is 13.1. The molecule has 2 unspecified atom stereocenters. The first-order chi connectivity index (χ1) is 8.04. The van der Waals surface area contributed by atoms with Crippen molar-refractivity contribution in [1.29, 1.82) is 0 Å². The van der Waals surface area contributed by atoms with Crippen LogP contribution in [0.1, 0.15) is 44.5 Å². The number of hydrogen-bond donors (Lipinski definition) is 2. The molecule has 0 fully saturated rings. The van der Waals surface area contributed by atoms with Gasteiger partial charge in [-0.2, -0.15) is 0 Å². The molecule has 0 bridgehead atoms. The lowest BCUT2D eigenvalue weighted by atomic mass is 10.0. The Morgan fingerprint density at radius 2 is 2.24 bits per heavy atom. The summed E-state index contributed by atoms with van der Waals surface area (Å²) in [7, 11) is 0. The van der Waals surface area contributed by atoms with E-state index in [0.29, 0.717) is 5.92 Å². The van der Waals surface area contributed by atoms with Crippen molar-refractivity contribution in [3.8, 4) is 0 Å². The maximum atomic E-state index is 11.9. The lowest BCUT2D eigenvalue weighted by Gasteiger charge is -2.19. The predicted molar refractivity (Wildman–Crippen MR) is 72.9 cm³/mol. The van der Waals surface area contributed by atoms with E-state index in [1.165, 1.54) is 4.88 Å². The van der Waals surface area contributed by atoms with Gasteiger partial charge in [0, 0.05) is 4.88 Å². The highest BCUT2D eigenvalue weighted by molar-refractivity contribution is 7.10. The van der Waals surface area contributed by atoms with Crippen molar-refractivity contribution in [1.82, 2.24) is 5.32 Å². The van der Waals surface area contributed by atoms with Crippen LogP contribution in [0.15, 0.2) is 17.5 Å². The first-order valence-electron chi connectivity index (χ1n) is 6.14. The minimum absolute atomic E-state index is 0.0426. The molecule has 0 radical (unpaired) electrons. The van der Waals surface area contributed by atoms with Crippen LogP contribution in [-0.4, -0.2) is 11.9 Å². The van der Waals surface area contributed by atoms with Gasteiger partial charge >= 0.3 is 0 Å². The molecular weight excluding hydrogens is 232 g/mol. The minimum atomic E-state index is -0.399. The van der Waals surface area contributed by atoms with Crippen LogP contribution in [0.5, 0.6) is 0 Å². The van der Waals surface area contributed by atoms with Crippen molar-refractivity contribution in [3.63, 3.8) is 0 Å². The van der Waals surface area contributed by atoms with E-state index in [-0.39, 0.29) is 11.9 Å². The number of hydrogen-bond acceptors (Lipinski definition) is 3. The van der Waals surface area contributed by atoms with Crippen molar-refractivity contribution >= 4 is 17.2 Å². The Kier molecular flexibility index (Phi) is 5.65. The zero-order valence-electron chi connectivity index (χ0n) is 10.8. The summed E-state index contributed by atoms with van der Waals surface area (Å²) in [5.74, 6) is 0.400. The molecule has 0 saturated heterocycles. The molecule has 4 heteroatoms. The summed E-state index contributed by atoms with van der Waals surface area (Å²) in [6.07, 6.45) is 1.62. The normalized spacial score (nSPS) is 14.6. The Bertz CT molecular complexity index is 335. The first kappa shape index (κ1) is 14.2. The van der Waals surface area contributed by atoms with Crippen molar-refractivity contribution in [3.05, 3.63) is 22.4 Å². The second-order valence-electron chi connectivity index (χ2n) is 4.72. The molecule has 96 valence electrons. The summed E-state index contributed by atoms with van der Waals surface area (Å²) in [6, 6.07) is 3.75. The van der Waals surface area contributed by atoms with Crippen molar-refractivity contribution in [2.45, 2.75) is 45.7 Å². The number of nitrogens with one attached hydrogen (secondary N) is 1. The summed E-state index contributed by atoms with van der Waals surface area (Å²) < 4.78 is 0. The van der Waals surface area contributed by atoms with E-state index in [1.54, 1.807) is 11.3 Å². The summed E-state index contributed by atoms with van der Waals surface area (Å²) in [5.41, 5.74) is 5.87. The minimum Gasteiger partial charge on any atom is -0.347 e. The molecule has 0 aromatic carbocycles. The smallest absolute Gasteiger partial charge is 0.237 e. The number of rotatable bonds is 6. The Morgan fingerprint density at radius 3 is 2.71 bits per heavy atom. The molecular formula is C13H22N2OS. The van der Waals surface area contributed by atoms with Crippen LogP contribution >= 0.6 is 11.3 Å². The molecule has 1 aromatic heterocycles. The van der Waals surface area contributed by atoms with Crippen LogP contribution in [0.2, 0.25) is 0 Å². The molecule has 0 aliphatic rings. The lowest BCUT2D eigenvalue weighted by Crippen LogP contribution is -2.42. The number of nitrogens with two attached hydrogens (primary N) is 1. The van der Waals surface area contributed by atoms with E-state index in [4.69, 9.17) is 5.73 Å². The quantitative estimate of drug-likeness (QED) is 0.820. The molecule has 0 spiro atoms. The fourth-order valence-corrected chi connectivity index (χ4v) is 2.62. The first-order valence-corrected chi connectivity index (χ1v) is 7.01. The van der Waals surface area contributed by atoms with E-state index in [2.05, 4.69) is 26.1 Å². The Balaban J connectivity index is 2.54. The van der Waals surface area contributed by atoms with Crippen LogP contribution in [0.4, 0.5) is 0 Å². The van der Waals surface area contributed by atoms with Gasteiger partial charge in [0.2, 0.25) is 5.91 Å². The van der Waals surface area contributed by atoms with E-state index < -0.39 is 6.04 Å². The van der Waals surface area contributed by atoms with E-state index in [9.17, 15) is 4.79 Å². The van der Waals surface area contributed by atoms with E-state index in [0.717, 1.165) is 12.8 Å². The summed E-state index contributed by atoms with van der Waals surface area (Å²) in [6.45, 7) is 6.21. The third-order valence-electron chi connectivity index (χ3n) is 2.67. The number of amides is 1. The van der Waals surface area contributed by atoms with Gasteiger partial charge in [-0.25, -0.2) is 0 Å². The van der Waals surface area contributed by atoms with Gasteiger partial charge in [0.15, 0.2) is 0 Å². The second-order valence-corrected chi connectivity index (χ2v) is 5.70. The van der Waals surface area contributed by atoms with Crippen LogP contribution in [0.25, 0.3) is 0 Å². The molecule has 1 heterocycles. The number of carbonyl (C=O) groups is 1. The maximum absolute atomic E-state index is 11.9. The van der Waals surface area contributed by atoms with Gasteiger partial charge in [-0.1, -0.05) is 26.8 Å². The molecule has 3 N–H and O–H groups in total. The molecule has 2 atom stereocenters. The highest BCUT2D eigenvalue weighted by Crippen LogP contribution is 2.21. The fraction of sp³-hybridized carbons (Fsp3) is 0.615. The lowest BCUT2D eigenvalue weighted by molar-refractivity contribution is -0.123. The molecule has 1 aromatic rings. The topological polar surface area (TPSA) is 55.1 Å². The standard InChI is InChI=1S/C13H22N2OS/c1-4-11(12-6-5-7-17-12)15-13(16)10(14)8-9(2)3/h5-7,9-11H,4,8,14H2,1-3H3,(H,15,16). The van der Waals surface area contributed by atoms with Gasteiger partial charge in [0.05, 0.1) is 12.1 Å². The average molecular weight is 254 g/mol. The highest BCUT2D eigenvalue weighted by atomic mass is 32.1. The number of carbonyl (C=O) groups excluding carboxylic acids is 1. The summed E-state index contributed by atoms with van der Waals surface area (Å²) >= 11 is 1.67. The average Bonchev–Trinajstić information content (AvgIpc) is 2.77. The molecule has 1 amide bonds.